The standard InChI is InChI=1S/C49H95NO5/c1-3-5-7-9-11-13-14-19-23-27-31-35-39-43-49(54)55-44-40-36-32-28-24-21-18-16-15-17-20-22-26-30-34-38-42-48(53)50-46(45-51)47(52)41-37-33-29-25-12-10-8-6-4-2/h15,17,46-47,51-52H,3-14,16,18-45H2,1-2H3,(H,50,53)/b17-15-. The molecule has 0 aliphatic heterocycles. The lowest BCUT2D eigenvalue weighted by atomic mass is 10.0. The van der Waals surface area contributed by atoms with Gasteiger partial charge in [-0.25, -0.2) is 0 Å². The summed E-state index contributed by atoms with van der Waals surface area (Å²) >= 11 is 0. The minimum atomic E-state index is -0.671. The van der Waals surface area contributed by atoms with Gasteiger partial charge in [0.05, 0.1) is 25.4 Å². The molecule has 6 nitrogen and oxygen atoms in total. The molecule has 0 bridgehead atoms. The fourth-order valence-corrected chi connectivity index (χ4v) is 7.51. The van der Waals surface area contributed by atoms with Crippen molar-refractivity contribution >= 4 is 11.9 Å². The zero-order chi connectivity index (χ0) is 40.1. The van der Waals surface area contributed by atoms with Gasteiger partial charge in [0.25, 0.3) is 0 Å². The van der Waals surface area contributed by atoms with Crippen molar-refractivity contribution in [2.75, 3.05) is 13.2 Å². The Balaban J connectivity index is 3.44. The number of allylic oxidation sites excluding steroid dienone is 2. The molecule has 0 fully saturated rings. The molecule has 0 spiro atoms. The average Bonchev–Trinajstić information content (AvgIpc) is 3.18. The molecule has 2 unspecified atom stereocenters. The Bertz CT molecular complexity index is 817. The summed E-state index contributed by atoms with van der Waals surface area (Å²) in [6.45, 7) is 4.90. The molecule has 1 amide bonds. The first-order valence-corrected chi connectivity index (χ1v) is 24.4. The lowest BCUT2D eigenvalue weighted by Gasteiger charge is -2.22. The van der Waals surface area contributed by atoms with Gasteiger partial charge in [-0.15, -0.1) is 0 Å². The molecular weight excluding hydrogens is 683 g/mol. The van der Waals surface area contributed by atoms with E-state index in [0.717, 1.165) is 64.2 Å². The molecule has 3 N–H and O–H groups in total. The summed E-state index contributed by atoms with van der Waals surface area (Å²) in [5, 5.41) is 23.0. The molecule has 0 heterocycles. The van der Waals surface area contributed by atoms with E-state index in [0.29, 0.717) is 25.9 Å². The van der Waals surface area contributed by atoms with Crippen LogP contribution in [0.25, 0.3) is 0 Å². The van der Waals surface area contributed by atoms with E-state index in [2.05, 4.69) is 31.3 Å². The predicted molar refractivity (Wildman–Crippen MR) is 237 cm³/mol. The Labute approximate surface area is 342 Å². The molecule has 0 aliphatic carbocycles. The smallest absolute Gasteiger partial charge is 0.305 e. The van der Waals surface area contributed by atoms with Crippen LogP contribution in [0.15, 0.2) is 12.2 Å². The molecule has 0 saturated heterocycles. The predicted octanol–water partition coefficient (Wildman–Crippen LogP) is 14.2. The molecular formula is C49H95NO5. The number of aliphatic hydroxyl groups is 2. The van der Waals surface area contributed by atoms with E-state index in [9.17, 15) is 19.8 Å². The summed E-state index contributed by atoms with van der Waals surface area (Å²) < 4.78 is 5.45. The SMILES string of the molecule is CCCCCCCCCCCCCCCC(=O)OCCCCCCCCC/C=C\CCCCCCCC(=O)NC(CO)C(O)CCCCCCCCCCC. The largest absolute Gasteiger partial charge is 0.466 e. The van der Waals surface area contributed by atoms with E-state index in [1.165, 1.54) is 167 Å². The van der Waals surface area contributed by atoms with E-state index in [-0.39, 0.29) is 18.5 Å². The first-order chi connectivity index (χ1) is 27.0. The number of carbonyl (C=O) groups excluding carboxylic acids is 2. The van der Waals surface area contributed by atoms with Crippen molar-refractivity contribution in [3.8, 4) is 0 Å². The van der Waals surface area contributed by atoms with Gasteiger partial charge in [0.1, 0.15) is 0 Å². The third-order valence-corrected chi connectivity index (χ3v) is 11.3. The van der Waals surface area contributed by atoms with E-state index in [4.69, 9.17) is 4.74 Å². The van der Waals surface area contributed by atoms with Gasteiger partial charge in [-0.05, 0) is 51.4 Å². The summed E-state index contributed by atoms with van der Waals surface area (Å²) in [4.78, 5) is 24.4. The van der Waals surface area contributed by atoms with Crippen molar-refractivity contribution in [3.05, 3.63) is 12.2 Å². The van der Waals surface area contributed by atoms with Crippen LogP contribution in [0.1, 0.15) is 264 Å². The molecule has 0 saturated carbocycles. The Morgan fingerprint density at radius 3 is 1.29 bits per heavy atom. The van der Waals surface area contributed by atoms with Crippen molar-refractivity contribution in [1.82, 2.24) is 5.32 Å². The molecule has 6 heteroatoms. The number of nitrogens with one attached hydrogen (secondary N) is 1. The van der Waals surface area contributed by atoms with Crippen LogP contribution >= 0.6 is 0 Å². The number of hydrogen-bond donors (Lipinski definition) is 3. The third kappa shape index (κ3) is 42.0. The molecule has 0 aromatic rings. The maximum Gasteiger partial charge on any atom is 0.305 e. The molecule has 0 radical (unpaired) electrons. The zero-order valence-electron chi connectivity index (χ0n) is 36.9. The Kier molecular flexibility index (Phi) is 44.2. The number of rotatable bonds is 45. The second-order valence-electron chi connectivity index (χ2n) is 16.8. The van der Waals surface area contributed by atoms with Gasteiger partial charge in [0, 0.05) is 12.8 Å². The minimum Gasteiger partial charge on any atom is -0.466 e. The van der Waals surface area contributed by atoms with E-state index < -0.39 is 12.1 Å². The highest BCUT2D eigenvalue weighted by molar-refractivity contribution is 5.76. The highest BCUT2D eigenvalue weighted by Crippen LogP contribution is 2.16. The van der Waals surface area contributed by atoms with Crippen LogP contribution in [-0.2, 0) is 14.3 Å². The highest BCUT2D eigenvalue weighted by Gasteiger charge is 2.20. The van der Waals surface area contributed by atoms with Crippen LogP contribution < -0.4 is 5.32 Å². The lowest BCUT2D eigenvalue weighted by Crippen LogP contribution is -2.45. The minimum absolute atomic E-state index is 0.00171. The van der Waals surface area contributed by atoms with Gasteiger partial charge < -0.3 is 20.3 Å². The second kappa shape index (κ2) is 45.3. The van der Waals surface area contributed by atoms with Gasteiger partial charge >= 0.3 is 5.97 Å². The van der Waals surface area contributed by atoms with Crippen LogP contribution in [0.5, 0.6) is 0 Å². The topological polar surface area (TPSA) is 95.9 Å². The van der Waals surface area contributed by atoms with E-state index >= 15 is 0 Å². The number of amides is 1. The van der Waals surface area contributed by atoms with Gasteiger partial charge in [0.2, 0.25) is 5.91 Å². The number of aliphatic hydroxyl groups excluding tert-OH is 2. The normalized spacial score (nSPS) is 12.7. The first-order valence-electron chi connectivity index (χ1n) is 24.4. The fraction of sp³-hybridized carbons (Fsp3) is 0.918. The van der Waals surface area contributed by atoms with Crippen molar-refractivity contribution in [2.24, 2.45) is 0 Å². The molecule has 0 aromatic carbocycles. The van der Waals surface area contributed by atoms with Crippen molar-refractivity contribution in [2.45, 2.75) is 276 Å². The highest BCUT2D eigenvalue weighted by atomic mass is 16.5. The van der Waals surface area contributed by atoms with Gasteiger partial charge in [0.15, 0.2) is 0 Å². The first kappa shape index (κ1) is 53.6. The molecule has 0 aliphatic rings. The van der Waals surface area contributed by atoms with Crippen LogP contribution in [-0.4, -0.2) is 47.4 Å². The summed E-state index contributed by atoms with van der Waals surface area (Å²) in [5.41, 5.74) is 0. The zero-order valence-corrected chi connectivity index (χ0v) is 36.9. The fourth-order valence-electron chi connectivity index (χ4n) is 7.51. The van der Waals surface area contributed by atoms with E-state index in [1.807, 2.05) is 0 Å². The molecule has 326 valence electrons. The molecule has 0 aromatic heterocycles. The lowest BCUT2D eigenvalue weighted by molar-refractivity contribution is -0.143. The molecule has 2 atom stereocenters. The maximum absolute atomic E-state index is 12.4. The Morgan fingerprint density at radius 2 is 0.855 bits per heavy atom. The Hall–Kier alpha value is -1.40. The second-order valence-corrected chi connectivity index (χ2v) is 16.8. The van der Waals surface area contributed by atoms with Gasteiger partial charge in [-0.1, -0.05) is 212 Å². The van der Waals surface area contributed by atoms with Gasteiger partial charge in [-0.3, -0.25) is 9.59 Å². The van der Waals surface area contributed by atoms with Gasteiger partial charge in [-0.2, -0.15) is 0 Å². The van der Waals surface area contributed by atoms with Crippen LogP contribution in [0.4, 0.5) is 0 Å². The molecule has 55 heavy (non-hydrogen) atoms. The summed E-state index contributed by atoms with van der Waals surface area (Å²) in [6.07, 6.45) is 50.4. The van der Waals surface area contributed by atoms with Crippen molar-refractivity contribution in [3.63, 3.8) is 0 Å². The quantitative estimate of drug-likeness (QED) is 0.0325. The average molecular weight is 778 g/mol. The summed E-state index contributed by atoms with van der Waals surface area (Å²) in [5.74, 6) is -0.0562. The number of hydrogen-bond acceptors (Lipinski definition) is 5. The van der Waals surface area contributed by atoms with Crippen LogP contribution in [0.3, 0.4) is 0 Å². The van der Waals surface area contributed by atoms with Crippen molar-refractivity contribution < 1.29 is 24.5 Å². The number of esters is 1. The number of unbranched alkanes of at least 4 members (excludes halogenated alkanes) is 32. The van der Waals surface area contributed by atoms with Crippen LogP contribution in [0.2, 0.25) is 0 Å². The maximum atomic E-state index is 12.4. The van der Waals surface area contributed by atoms with Crippen molar-refractivity contribution in [1.29, 1.82) is 0 Å². The Morgan fingerprint density at radius 1 is 0.491 bits per heavy atom. The number of ether oxygens (including phenoxy) is 1. The number of carbonyl (C=O) groups is 2. The van der Waals surface area contributed by atoms with Crippen LogP contribution in [0, 0.1) is 0 Å². The molecule has 0 rings (SSSR count). The monoisotopic (exact) mass is 778 g/mol. The third-order valence-electron chi connectivity index (χ3n) is 11.3. The summed E-state index contributed by atoms with van der Waals surface area (Å²) in [6, 6.07) is -0.550. The summed E-state index contributed by atoms with van der Waals surface area (Å²) in [7, 11) is 0. The van der Waals surface area contributed by atoms with E-state index in [1.54, 1.807) is 0 Å².